The Balaban J connectivity index is 1.63. The summed E-state index contributed by atoms with van der Waals surface area (Å²) in [6.45, 7) is 1.91. The van der Waals surface area contributed by atoms with E-state index in [0.717, 1.165) is 16.5 Å². The van der Waals surface area contributed by atoms with E-state index >= 15 is 0 Å². The Morgan fingerprint density at radius 2 is 1.76 bits per heavy atom. The number of carbonyl (C=O) groups is 2. The van der Waals surface area contributed by atoms with Crippen LogP contribution in [0.2, 0.25) is 5.02 Å². The summed E-state index contributed by atoms with van der Waals surface area (Å²) < 4.78 is 6.99. The minimum atomic E-state index is -0.806. The number of nitrogens with zero attached hydrogens (tertiary/aromatic N) is 1. The number of rotatable bonds is 7. The summed E-state index contributed by atoms with van der Waals surface area (Å²) in [7, 11) is 1.57. The number of halogens is 1. The minimum absolute atomic E-state index is 0.0535. The van der Waals surface area contributed by atoms with E-state index in [4.69, 9.17) is 16.3 Å². The number of ether oxygens (including phenoxy) is 1. The molecule has 0 aliphatic heterocycles. The van der Waals surface area contributed by atoms with Crippen molar-refractivity contribution in [1.82, 2.24) is 9.88 Å². The van der Waals surface area contributed by atoms with Crippen LogP contribution in [0.25, 0.3) is 10.9 Å². The number of hydrogen-bond acceptors (Lipinski definition) is 4. The molecule has 0 saturated carbocycles. The Labute approximate surface area is 202 Å². The van der Waals surface area contributed by atoms with Crippen LogP contribution in [0, 0.1) is 6.92 Å². The lowest BCUT2D eigenvalue weighted by Crippen LogP contribution is -2.29. The van der Waals surface area contributed by atoms with Gasteiger partial charge in [-0.25, -0.2) is 0 Å². The molecule has 0 saturated heterocycles. The van der Waals surface area contributed by atoms with Crippen LogP contribution in [0.4, 0.5) is 0 Å². The molecule has 2 N–H and O–H groups in total. The van der Waals surface area contributed by atoms with Crippen LogP contribution >= 0.6 is 11.6 Å². The van der Waals surface area contributed by atoms with Crippen molar-refractivity contribution in [3.05, 3.63) is 100 Å². The first-order valence-electron chi connectivity index (χ1n) is 10.9. The van der Waals surface area contributed by atoms with E-state index in [2.05, 4.69) is 5.32 Å². The smallest absolute Gasteiger partial charge is 0.262 e. The van der Waals surface area contributed by atoms with E-state index in [9.17, 15) is 14.7 Å². The molecule has 1 aromatic heterocycles. The summed E-state index contributed by atoms with van der Waals surface area (Å²) in [5.74, 6) is 0.166. The molecule has 0 radical (unpaired) electrons. The monoisotopic (exact) mass is 476 g/mol. The summed E-state index contributed by atoms with van der Waals surface area (Å²) in [6.07, 6.45) is -0.753. The first-order chi connectivity index (χ1) is 16.4. The Morgan fingerprint density at radius 1 is 1.06 bits per heavy atom. The summed E-state index contributed by atoms with van der Waals surface area (Å²) in [5, 5.41) is 14.5. The number of hydrogen-bond donors (Lipinski definition) is 2. The van der Waals surface area contributed by atoms with Crippen molar-refractivity contribution < 1.29 is 19.4 Å². The molecule has 0 bridgehead atoms. The van der Waals surface area contributed by atoms with E-state index in [1.165, 1.54) is 0 Å². The third kappa shape index (κ3) is 4.83. The van der Waals surface area contributed by atoms with Gasteiger partial charge in [-0.2, -0.15) is 0 Å². The van der Waals surface area contributed by atoms with Crippen LogP contribution in [0.5, 0.6) is 5.75 Å². The van der Waals surface area contributed by atoms with Gasteiger partial charge >= 0.3 is 0 Å². The standard InChI is InChI=1S/C27H25ClN2O4/c1-17-22(15-26(32)29-16-25(31)18-6-4-3-5-7-18)23-14-21(34-2)12-13-24(23)30(17)27(33)19-8-10-20(28)11-9-19/h3-14,25,31H,15-16H2,1-2H3,(H,29,32)/t25-/m1/s1. The lowest BCUT2D eigenvalue weighted by molar-refractivity contribution is -0.120. The highest BCUT2D eigenvalue weighted by atomic mass is 35.5. The van der Waals surface area contributed by atoms with Crippen molar-refractivity contribution in [2.45, 2.75) is 19.4 Å². The summed E-state index contributed by atoms with van der Waals surface area (Å²) >= 11 is 5.98. The summed E-state index contributed by atoms with van der Waals surface area (Å²) in [4.78, 5) is 26.2. The van der Waals surface area contributed by atoms with Crippen LogP contribution in [-0.2, 0) is 11.2 Å². The second-order valence-corrected chi connectivity index (χ2v) is 8.44. The molecule has 0 unspecified atom stereocenters. The maximum Gasteiger partial charge on any atom is 0.262 e. The quantitative estimate of drug-likeness (QED) is 0.405. The Bertz CT molecular complexity index is 1330. The summed E-state index contributed by atoms with van der Waals surface area (Å²) in [6, 6.07) is 21.3. The number of carbonyl (C=O) groups excluding carboxylic acids is 2. The fraction of sp³-hybridized carbons (Fsp3) is 0.185. The molecule has 3 aromatic carbocycles. The molecule has 1 heterocycles. The predicted octanol–water partition coefficient (Wildman–Crippen LogP) is 4.69. The molecule has 6 nitrogen and oxygen atoms in total. The molecule has 0 aliphatic carbocycles. The van der Waals surface area contributed by atoms with Gasteiger partial charge in [-0.3, -0.25) is 14.2 Å². The zero-order valence-corrected chi connectivity index (χ0v) is 19.7. The van der Waals surface area contributed by atoms with Crippen LogP contribution < -0.4 is 10.1 Å². The van der Waals surface area contributed by atoms with Crippen LogP contribution in [0.3, 0.4) is 0 Å². The minimum Gasteiger partial charge on any atom is -0.497 e. The third-order valence-corrected chi connectivity index (χ3v) is 6.10. The van der Waals surface area contributed by atoms with Gasteiger partial charge in [0.2, 0.25) is 5.91 Å². The van der Waals surface area contributed by atoms with E-state index in [0.29, 0.717) is 27.5 Å². The van der Waals surface area contributed by atoms with E-state index in [1.54, 1.807) is 42.0 Å². The largest absolute Gasteiger partial charge is 0.497 e. The van der Waals surface area contributed by atoms with Crippen molar-refractivity contribution in [3.63, 3.8) is 0 Å². The van der Waals surface area contributed by atoms with Crippen LogP contribution in [0.15, 0.2) is 72.8 Å². The Morgan fingerprint density at radius 3 is 2.44 bits per heavy atom. The summed E-state index contributed by atoms with van der Waals surface area (Å²) in [5.41, 5.74) is 3.30. The van der Waals surface area contributed by atoms with Crippen molar-refractivity contribution in [1.29, 1.82) is 0 Å². The van der Waals surface area contributed by atoms with Gasteiger partial charge in [-0.15, -0.1) is 0 Å². The number of benzene rings is 3. The van der Waals surface area contributed by atoms with Gasteiger partial charge in [0.1, 0.15) is 5.75 Å². The maximum absolute atomic E-state index is 13.4. The van der Waals surface area contributed by atoms with Gasteiger partial charge in [0, 0.05) is 28.2 Å². The highest BCUT2D eigenvalue weighted by molar-refractivity contribution is 6.30. The number of amides is 1. The lowest BCUT2D eigenvalue weighted by atomic mass is 10.1. The average molecular weight is 477 g/mol. The Hall–Kier alpha value is -3.61. The second-order valence-electron chi connectivity index (χ2n) is 8.00. The number of fused-ring (bicyclic) bond motifs is 1. The molecule has 0 spiro atoms. The Kier molecular flexibility index (Phi) is 7.01. The van der Waals surface area contributed by atoms with Crippen molar-refractivity contribution in [2.75, 3.05) is 13.7 Å². The molecule has 7 heteroatoms. The molecule has 0 fully saturated rings. The normalized spacial score (nSPS) is 11.9. The van der Waals surface area contributed by atoms with Crippen LogP contribution in [-0.4, -0.2) is 35.1 Å². The number of aromatic nitrogens is 1. The molecule has 174 valence electrons. The first kappa shape index (κ1) is 23.5. The molecule has 34 heavy (non-hydrogen) atoms. The highest BCUT2D eigenvalue weighted by Gasteiger charge is 2.22. The first-order valence-corrected chi connectivity index (χ1v) is 11.2. The van der Waals surface area contributed by atoms with Gasteiger partial charge in [0.25, 0.3) is 5.91 Å². The van der Waals surface area contributed by atoms with Crippen molar-refractivity contribution in [3.8, 4) is 5.75 Å². The van der Waals surface area contributed by atoms with Gasteiger partial charge in [0.05, 0.1) is 25.2 Å². The van der Waals surface area contributed by atoms with E-state index in [1.807, 2.05) is 49.4 Å². The topological polar surface area (TPSA) is 80.6 Å². The predicted molar refractivity (Wildman–Crippen MR) is 133 cm³/mol. The molecule has 4 rings (SSSR count). The molecular weight excluding hydrogens is 452 g/mol. The van der Waals surface area contributed by atoms with E-state index < -0.39 is 6.10 Å². The second kappa shape index (κ2) is 10.1. The molecule has 1 atom stereocenters. The van der Waals surface area contributed by atoms with Gasteiger partial charge in [-0.05, 0) is 60.5 Å². The van der Waals surface area contributed by atoms with Gasteiger partial charge in [0.15, 0.2) is 0 Å². The molecular formula is C27H25ClN2O4. The highest BCUT2D eigenvalue weighted by Crippen LogP contribution is 2.31. The lowest BCUT2D eigenvalue weighted by Gasteiger charge is -2.12. The molecule has 1 amide bonds. The number of nitrogens with one attached hydrogen (secondary N) is 1. The zero-order chi connectivity index (χ0) is 24.2. The zero-order valence-electron chi connectivity index (χ0n) is 18.9. The van der Waals surface area contributed by atoms with Crippen molar-refractivity contribution in [2.24, 2.45) is 0 Å². The van der Waals surface area contributed by atoms with Crippen LogP contribution in [0.1, 0.15) is 33.3 Å². The third-order valence-electron chi connectivity index (χ3n) is 5.85. The van der Waals surface area contributed by atoms with Gasteiger partial charge in [-0.1, -0.05) is 41.9 Å². The SMILES string of the molecule is COc1ccc2c(c1)c(CC(=O)NC[C@@H](O)c1ccccc1)c(C)n2C(=O)c1ccc(Cl)cc1. The van der Waals surface area contributed by atoms with E-state index in [-0.39, 0.29) is 24.8 Å². The van der Waals surface area contributed by atoms with Crippen molar-refractivity contribution >= 4 is 34.3 Å². The number of aliphatic hydroxyl groups excluding tert-OH is 1. The van der Waals surface area contributed by atoms with Gasteiger partial charge < -0.3 is 15.2 Å². The average Bonchev–Trinajstić information content (AvgIpc) is 3.13. The fourth-order valence-corrected chi connectivity index (χ4v) is 4.15. The maximum atomic E-state index is 13.4. The fourth-order valence-electron chi connectivity index (χ4n) is 4.02. The number of aliphatic hydroxyl groups is 1. The molecule has 0 aliphatic rings. The molecule has 4 aromatic rings. The number of methoxy groups -OCH3 is 1.